The molecule has 0 spiro atoms. The van der Waals surface area contributed by atoms with E-state index < -0.39 is 67.3 Å². The van der Waals surface area contributed by atoms with E-state index in [0.29, 0.717) is 19.3 Å². The zero-order valence-electron chi connectivity index (χ0n) is 41.8. The molecule has 1 aliphatic rings. The highest BCUT2D eigenvalue weighted by Gasteiger charge is 2.50. The van der Waals surface area contributed by atoms with Gasteiger partial charge >= 0.3 is 23.9 Å². The van der Waals surface area contributed by atoms with E-state index in [-0.39, 0.29) is 25.9 Å². The number of aliphatic hydroxyl groups excluding tert-OH is 2. The highest BCUT2D eigenvalue weighted by molar-refractivity contribution is 5.74. The number of rotatable bonds is 46. The van der Waals surface area contributed by atoms with Gasteiger partial charge in [0, 0.05) is 19.3 Å². The average Bonchev–Trinajstić information content (AvgIpc) is 3.29. The van der Waals surface area contributed by atoms with Crippen LogP contribution in [0.3, 0.4) is 0 Å². The first-order valence-electron chi connectivity index (χ1n) is 27.0. The first kappa shape index (κ1) is 60.7. The average molecular weight is 927 g/mol. The lowest BCUT2D eigenvalue weighted by atomic mass is 9.98. The summed E-state index contributed by atoms with van der Waals surface area (Å²) in [6.07, 6.45) is 31.0. The van der Waals surface area contributed by atoms with Crippen LogP contribution in [0.4, 0.5) is 0 Å². The maximum absolute atomic E-state index is 13.1. The lowest BCUT2D eigenvalue weighted by molar-refractivity contribution is -0.301. The van der Waals surface area contributed by atoms with E-state index in [1.54, 1.807) is 0 Å². The van der Waals surface area contributed by atoms with Gasteiger partial charge in [0.05, 0.1) is 6.61 Å². The highest BCUT2D eigenvalue weighted by atomic mass is 16.7. The van der Waals surface area contributed by atoms with Crippen LogP contribution in [0.15, 0.2) is 0 Å². The molecule has 3 N–H and O–H groups in total. The minimum Gasteiger partial charge on any atom is -0.479 e. The van der Waals surface area contributed by atoms with Crippen LogP contribution in [0, 0.1) is 0 Å². The molecule has 0 aliphatic carbocycles. The third-order valence-corrected chi connectivity index (χ3v) is 12.7. The van der Waals surface area contributed by atoms with Gasteiger partial charge < -0.3 is 39.0 Å². The van der Waals surface area contributed by atoms with Crippen molar-refractivity contribution < 1.29 is 58.2 Å². The van der Waals surface area contributed by atoms with E-state index in [1.165, 1.54) is 141 Å². The van der Waals surface area contributed by atoms with Crippen molar-refractivity contribution in [3.8, 4) is 0 Å². The fourth-order valence-electron chi connectivity index (χ4n) is 8.49. The van der Waals surface area contributed by atoms with Crippen molar-refractivity contribution >= 4 is 23.9 Å². The van der Waals surface area contributed by atoms with Crippen LogP contribution in [0.1, 0.15) is 265 Å². The molecule has 12 heteroatoms. The summed E-state index contributed by atoms with van der Waals surface area (Å²) in [5.74, 6) is -3.08. The Morgan fingerprint density at radius 3 is 1.15 bits per heavy atom. The second-order valence-electron chi connectivity index (χ2n) is 18.9. The molecule has 1 aliphatic heterocycles. The van der Waals surface area contributed by atoms with Crippen molar-refractivity contribution in [3.05, 3.63) is 0 Å². The molecule has 1 heterocycles. The third-order valence-electron chi connectivity index (χ3n) is 12.7. The monoisotopic (exact) mass is 927 g/mol. The number of unbranched alkanes of at least 4 members (excludes halogenated alkanes) is 32. The molecule has 1 saturated heterocycles. The molecular weight excluding hydrogens is 829 g/mol. The number of carbonyl (C=O) groups excluding carboxylic acids is 3. The fraction of sp³-hybridized carbons (Fsp3) is 0.925. The normalized spacial score (nSPS) is 18.9. The Morgan fingerprint density at radius 1 is 0.446 bits per heavy atom. The van der Waals surface area contributed by atoms with Crippen LogP contribution in [0.2, 0.25) is 0 Å². The maximum Gasteiger partial charge on any atom is 0.335 e. The van der Waals surface area contributed by atoms with Gasteiger partial charge in [-0.15, -0.1) is 0 Å². The predicted molar refractivity (Wildman–Crippen MR) is 257 cm³/mol. The first-order chi connectivity index (χ1) is 31.6. The van der Waals surface area contributed by atoms with Crippen LogP contribution < -0.4 is 0 Å². The van der Waals surface area contributed by atoms with Crippen LogP contribution in [-0.4, -0.2) is 89.2 Å². The number of hydrogen-bond acceptors (Lipinski definition) is 11. The van der Waals surface area contributed by atoms with Gasteiger partial charge in [-0.3, -0.25) is 14.4 Å². The van der Waals surface area contributed by atoms with Gasteiger partial charge in [0.25, 0.3) is 0 Å². The molecule has 0 aromatic heterocycles. The van der Waals surface area contributed by atoms with Crippen molar-refractivity contribution in [2.45, 2.75) is 302 Å². The van der Waals surface area contributed by atoms with Gasteiger partial charge in [-0.1, -0.05) is 226 Å². The molecular formula is C53H98O12. The molecule has 0 aromatic carbocycles. The topological polar surface area (TPSA) is 175 Å². The van der Waals surface area contributed by atoms with E-state index >= 15 is 0 Å². The highest BCUT2D eigenvalue weighted by Crippen LogP contribution is 2.26. The summed E-state index contributed by atoms with van der Waals surface area (Å²) in [6, 6.07) is 0. The van der Waals surface area contributed by atoms with E-state index in [2.05, 4.69) is 20.8 Å². The summed E-state index contributed by atoms with van der Waals surface area (Å²) in [4.78, 5) is 50.8. The van der Waals surface area contributed by atoms with Crippen molar-refractivity contribution in [1.29, 1.82) is 0 Å². The lowest BCUT2D eigenvalue weighted by Crippen LogP contribution is -2.61. The number of carboxylic acids is 1. The van der Waals surface area contributed by atoms with Crippen LogP contribution in [-0.2, 0) is 42.9 Å². The number of aliphatic carboxylic acids is 1. The summed E-state index contributed by atoms with van der Waals surface area (Å²) in [5, 5.41) is 31.3. The molecule has 65 heavy (non-hydrogen) atoms. The Morgan fingerprint density at radius 2 is 0.785 bits per heavy atom. The van der Waals surface area contributed by atoms with E-state index in [4.69, 9.17) is 23.7 Å². The lowest BCUT2D eigenvalue weighted by Gasteiger charge is -2.40. The quantitative estimate of drug-likeness (QED) is 0.0300. The summed E-state index contributed by atoms with van der Waals surface area (Å²) in [7, 11) is 0. The maximum atomic E-state index is 13.1. The number of carboxylic acid groups (broad SMARTS) is 1. The first-order valence-corrected chi connectivity index (χ1v) is 27.0. The second kappa shape index (κ2) is 43.0. The van der Waals surface area contributed by atoms with Crippen molar-refractivity contribution in [1.82, 2.24) is 0 Å². The fourth-order valence-corrected chi connectivity index (χ4v) is 8.49. The molecule has 1 rings (SSSR count). The van der Waals surface area contributed by atoms with Gasteiger partial charge in [-0.2, -0.15) is 0 Å². The van der Waals surface area contributed by atoms with E-state index in [0.717, 1.165) is 64.2 Å². The Balaban J connectivity index is 2.70. The largest absolute Gasteiger partial charge is 0.479 e. The minimum absolute atomic E-state index is 0.0683. The smallest absolute Gasteiger partial charge is 0.335 e. The van der Waals surface area contributed by atoms with Crippen molar-refractivity contribution in [2.75, 3.05) is 13.2 Å². The van der Waals surface area contributed by atoms with Gasteiger partial charge in [0.1, 0.15) is 18.8 Å². The molecule has 12 nitrogen and oxygen atoms in total. The Bertz CT molecular complexity index is 1150. The Kier molecular flexibility index (Phi) is 40.2. The van der Waals surface area contributed by atoms with Gasteiger partial charge in [-0.05, 0) is 19.3 Å². The Labute approximate surface area is 395 Å². The summed E-state index contributed by atoms with van der Waals surface area (Å²) >= 11 is 0. The molecule has 6 atom stereocenters. The minimum atomic E-state index is -1.89. The molecule has 0 amide bonds. The number of hydrogen-bond donors (Lipinski definition) is 3. The van der Waals surface area contributed by atoms with Gasteiger partial charge in [0.15, 0.2) is 24.6 Å². The van der Waals surface area contributed by atoms with Crippen molar-refractivity contribution in [2.24, 2.45) is 0 Å². The molecule has 0 radical (unpaired) electrons. The molecule has 0 saturated carbocycles. The van der Waals surface area contributed by atoms with Crippen LogP contribution in [0.25, 0.3) is 0 Å². The number of ether oxygens (including phenoxy) is 5. The molecule has 0 aromatic rings. The Hall–Kier alpha value is -2.28. The molecule has 0 bridgehead atoms. The van der Waals surface area contributed by atoms with E-state index in [1.807, 2.05) is 0 Å². The predicted octanol–water partition coefficient (Wildman–Crippen LogP) is 12.8. The number of carbonyl (C=O) groups is 4. The standard InChI is InChI=1S/C53H98O12/c1-4-7-10-13-16-19-21-23-25-28-30-33-36-39-45(54)61-42-44(63-46(55)40-37-34-32-29-26-24-22-20-17-14-11-8-5-2)43-62-53-51(49(58)48(57)50(65-53)52(59)60)64-47(56)41-38-35-31-27-18-15-12-9-6-3/h44,48-51,53,57-58H,4-43H2,1-3H3,(H,59,60). The number of esters is 3. The zero-order valence-corrected chi connectivity index (χ0v) is 41.8. The molecule has 1 fully saturated rings. The summed E-state index contributed by atoms with van der Waals surface area (Å²) < 4.78 is 28.3. The molecule has 382 valence electrons. The van der Waals surface area contributed by atoms with E-state index in [9.17, 15) is 34.5 Å². The van der Waals surface area contributed by atoms with Crippen LogP contribution in [0.5, 0.6) is 0 Å². The summed E-state index contributed by atoms with van der Waals surface area (Å²) in [5.41, 5.74) is 0. The second-order valence-corrected chi connectivity index (χ2v) is 18.9. The van der Waals surface area contributed by atoms with Crippen LogP contribution >= 0.6 is 0 Å². The SMILES string of the molecule is CCCCCCCCCCCCCCCC(=O)OCC(COC1OC(C(=O)O)C(O)C(O)C1OC(=O)CCCCCCCCCCC)OC(=O)CCCCCCCCCCCCCCC. The number of aliphatic hydroxyl groups is 2. The molecule has 6 unspecified atom stereocenters. The van der Waals surface area contributed by atoms with Crippen molar-refractivity contribution in [3.63, 3.8) is 0 Å². The van der Waals surface area contributed by atoms with Gasteiger partial charge in [0.2, 0.25) is 0 Å². The zero-order chi connectivity index (χ0) is 47.6. The van der Waals surface area contributed by atoms with Gasteiger partial charge in [-0.25, -0.2) is 4.79 Å². The summed E-state index contributed by atoms with van der Waals surface area (Å²) in [6.45, 7) is 5.97. The third kappa shape index (κ3) is 33.8.